The average Bonchev–Trinajstić information content (AvgIpc) is 3.15. The Morgan fingerprint density at radius 1 is 1.09 bits per heavy atom. The molecule has 168 valence electrons. The second-order valence-corrected chi connectivity index (χ2v) is 8.86. The average molecular weight is 461 g/mol. The molecule has 0 saturated heterocycles. The number of tetrazole rings is 1. The third-order valence-corrected chi connectivity index (χ3v) is 6.15. The molecule has 2 aromatic carbocycles. The molecule has 0 aliphatic carbocycles. The predicted molar refractivity (Wildman–Crippen MR) is 113 cm³/mol. The first-order valence-corrected chi connectivity index (χ1v) is 10.7. The highest BCUT2D eigenvalue weighted by Crippen LogP contribution is 2.20. The van der Waals surface area contributed by atoms with Gasteiger partial charge in [-0.3, -0.25) is 9.59 Å². The van der Waals surface area contributed by atoms with Gasteiger partial charge in [0.2, 0.25) is 21.8 Å². The number of amides is 2. The maximum atomic E-state index is 14.2. The highest BCUT2D eigenvalue weighted by Gasteiger charge is 2.23. The van der Waals surface area contributed by atoms with Gasteiger partial charge >= 0.3 is 0 Å². The fourth-order valence-corrected chi connectivity index (χ4v) is 3.92. The molecule has 0 spiro atoms. The predicted octanol–water partition coefficient (Wildman–Crippen LogP) is 1.33. The van der Waals surface area contributed by atoms with Crippen molar-refractivity contribution in [3.8, 4) is 5.69 Å². The first kappa shape index (κ1) is 23.0. The van der Waals surface area contributed by atoms with Crippen LogP contribution in [0.5, 0.6) is 0 Å². The van der Waals surface area contributed by atoms with Crippen molar-refractivity contribution in [1.82, 2.24) is 24.5 Å². The van der Waals surface area contributed by atoms with Crippen molar-refractivity contribution in [1.29, 1.82) is 0 Å². The maximum absolute atomic E-state index is 14.2. The van der Waals surface area contributed by atoms with E-state index in [-0.39, 0.29) is 22.2 Å². The molecule has 3 rings (SSSR count). The van der Waals surface area contributed by atoms with E-state index in [0.29, 0.717) is 11.5 Å². The normalized spacial score (nSPS) is 11.4. The molecule has 0 radical (unpaired) electrons. The number of hydrogen-bond acceptors (Lipinski definition) is 7. The van der Waals surface area contributed by atoms with Gasteiger partial charge in [0.1, 0.15) is 11.5 Å². The van der Waals surface area contributed by atoms with E-state index < -0.39 is 28.3 Å². The van der Waals surface area contributed by atoms with Crippen LogP contribution in [0.2, 0.25) is 0 Å². The number of anilines is 2. The van der Waals surface area contributed by atoms with E-state index in [0.717, 1.165) is 10.4 Å². The fraction of sp³-hybridized carbons (Fsp3) is 0.211. The van der Waals surface area contributed by atoms with Crippen LogP contribution in [-0.2, 0) is 19.6 Å². The second kappa shape index (κ2) is 9.20. The molecule has 1 heterocycles. The Bertz CT molecular complexity index is 1260. The highest BCUT2D eigenvalue weighted by molar-refractivity contribution is 7.89. The van der Waals surface area contributed by atoms with Gasteiger partial charge in [-0.05, 0) is 59.8 Å². The van der Waals surface area contributed by atoms with E-state index in [2.05, 4.69) is 26.2 Å². The Morgan fingerprint density at radius 3 is 2.34 bits per heavy atom. The number of carbonyl (C=O) groups is 2. The van der Waals surface area contributed by atoms with Gasteiger partial charge in [-0.2, -0.15) is 8.99 Å². The number of nitrogens with one attached hydrogen (secondary N) is 2. The number of carbonyl (C=O) groups excluding carboxylic acids is 2. The molecule has 1 aromatic heterocycles. The fourth-order valence-electron chi connectivity index (χ4n) is 2.79. The van der Waals surface area contributed by atoms with Gasteiger partial charge in [-0.1, -0.05) is 0 Å². The van der Waals surface area contributed by atoms with Gasteiger partial charge in [0.25, 0.3) is 0 Å². The summed E-state index contributed by atoms with van der Waals surface area (Å²) in [6.07, 6.45) is 0. The lowest BCUT2D eigenvalue weighted by Gasteiger charge is -2.17. The van der Waals surface area contributed by atoms with E-state index in [1.807, 2.05) is 0 Å². The van der Waals surface area contributed by atoms with Crippen LogP contribution < -0.4 is 10.6 Å². The maximum Gasteiger partial charge on any atom is 0.243 e. The first-order chi connectivity index (χ1) is 15.1. The summed E-state index contributed by atoms with van der Waals surface area (Å²) >= 11 is 0. The Morgan fingerprint density at radius 2 is 1.75 bits per heavy atom. The number of aromatic nitrogens is 4. The van der Waals surface area contributed by atoms with Crippen molar-refractivity contribution < 1.29 is 22.4 Å². The Hall–Kier alpha value is -3.71. The number of nitrogens with zero attached hydrogens (tertiary/aromatic N) is 5. The zero-order chi connectivity index (χ0) is 23.5. The number of aryl methyl sites for hydroxylation is 1. The van der Waals surface area contributed by atoms with Crippen molar-refractivity contribution in [2.45, 2.75) is 18.7 Å². The van der Waals surface area contributed by atoms with Crippen molar-refractivity contribution in [3.63, 3.8) is 0 Å². The molecule has 3 aromatic rings. The Kier molecular flexibility index (Phi) is 6.60. The largest absolute Gasteiger partial charge is 0.326 e. The smallest absolute Gasteiger partial charge is 0.243 e. The van der Waals surface area contributed by atoms with Gasteiger partial charge in [-0.25, -0.2) is 12.8 Å². The summed E-state index contributed by atoms with van der Waals surface area (Å²) in [5.41, 5.74) is 0.721. The lowest BCUT2D eigenvalue weighted by Crippen LogP contribution is -2.35. The minimum Gasteiger partial charge on any atom is -0.326 e. The molecule has 32 heavy (non-hydrogen) atoms. The number of rotatable bonds is 7. The van der Waals surface area contributed by atoms with Crippen LogP contribution in [0.1, 0.15) is 12.7 Å². The molecule has 2 N–H and O–H groups in total. The molecule has 0 atom stereocenters. The summed E-state index contributed by atoms with van der Waals surface area (Å²) in [6, 6.07) is 9.37. The summed E-state index contributed by atoms with van der Waals surface area (Å²) in [7, 11) is -2.70. The van der Waals surface area contributed by atoms with Crippen molar-refractivity contribution in [2.75, 3.05) is 24.2 Å². The summed E-state index contributed by atoms with van der Waals surface area (Å²) < 4.78 is 41.7. The van der Waals surface area contributed by atoms with Gasteiger partial charge in [0.05, 0.1) is 11.4 Å². The molecule has 13 heteroatoms. The van der Waals surface area contributed by atoms with Crippen LogP contribution in [0.15, 0.2) is 47.4 Å². The van der Waals surface area contributed by atoms with Gasteiger partial charge in [-0.15, -0.1) is 5.10 Å². The SMILES string of the molecule is CC(=O)Nc1ccc(S(=O)(=O)N(C)CC(=O)Nc2ccc(F)c(-n3nnnc3C)c2)cc1. The molecule has 0 aliphatic rings. The monoisotopic (exact) mass is 461 g/mol. The molecule has 0 unspecified atom stereocenters. The van der Waals surface area contributed by atoms with Crippen LogP contribution in [0.25, 0.3) is 5.69 Å². The third kappa shape index (κ3) is 5.12. The molecule has 0 fully saturated rings. The molecule has 0 aliphatic heterocycles. The Balaban J connectivity index is 1.70. The van der Waals surface area contributed by atoms with E-state index in [4.69, 9.17) is 0 Å². The van der Waals surface area contributed by atoms with Gasteiger partial charge in [0, 0.05) is 25.3 Å². The highest BCUT2D eigenvalue weighted by atomic mass is 32.2. The van der Waals surface area contributed by atoms with Gasteiger partial charge in [0.15, 0.2) is 5.82 Å². The topological polar surface area (TPSA) is 139 Å². The van der Waals surface area contributed by atoms with Crippen molar-refractivity contribution >= 4 is 33.2 Å². The number of halogens is 1. The van der Waals surface area contributed by atoms with Crippen LogP contribution in [0.4, 0.5) is 15.8 Å². The molecule has 0 bridgehead atoms. The lowest BCUT2D eigenvalue weighted by molar-refractivity contribution is -0.116. The van der Waals surface area contributed by atoms with Gasteiger partial charge < -0.3 is 10.6 Å². The molecule has 11 nitrogen and oxygen atoms in total. The minimum atomic E-state index is -3.96. The summed E-state index contributed by atoms with van der Waals surface area (Å²) in [5.74, 6) is -1.16. The van der Waals surface area contributed by atoms with E-state index in [9.17, 15) is 22.4 Å². The van der Waals surface area contributed by atoms with E-state index in [1.165, 1.54) is 55.1 Å². The first-order valence-electron chi connectivity index (χ1n) is 9.26. The number of hydrogen-bond donors (Lipinski definition) is 2. The Labute approximate surface area is 183 Å². The van der Waals surface area contributed by atoms with Crippen molar-refractivity contribution in [2.24, 2.45) is 0 Å². The molecule has 0 saturated carbocycles. The zero-order valence-corrected chi connectivity index (χ0v) is 18.2. The van der Waals surface area contributed by atoms with E-state index >= 15 is 0 Å². The molecule has 2 amide bonds. The van der Waals surface area contributed by atoms with Crippen molar-refractivity contribution in [3.05, 3.63) is 54.1 Å². The second-order valence-electron chi connectivity index (χ2n) is 6.82. The quantitative estimate of drug-likeness (QED) is 0.541. The number of likely N-dealkylation sites (N-methyl/N-ethyl adjacent to an activating group) is 1. The van der Waals surface area contributed by atoms with Crippen LogP contribution in [0.3, 0.4) is 0 Å². The lowest BCUT2D eigenvalue weighted by atomic mass is 10.2. The summed E-state index contributed by atoms with van der Waals surface area (Å²) in [4.78, 5) is 23.5. The third-order valence-electron chi connectivity index (χ3n) is 4.33. The molecular weight excluding hydrogens is 441 g/mol. The van der Waals surface area contributed by atoms with E-state index in [1.54, 1.807) is 6.92 Å². The summed E-state index contributed by atoms with van der Waals surface area (Å²) in [6.45, 7) is 2.45. The summed E-state index contributed by atoms with van der Waals surface area (Å²) in [5, 5.41) is 15.9. The van der Waals surface area contributed by atoms with Crippen LogP contribution in [-0.4, -0.2) is 58.3 Å². The molecular formula is C19H20FN7O4S. The standard InChI is InChI=1S/C19H20FN7O4S/c1-12-23-24-25-27(12)18-10-15(6-9-17(18)20)22-19(29)11-26(3)32(30,31)16-7-4-14(5-8-16)21-13(2)28/h4-10H,11H2,1-3H3,(H,21,28)(H,22,29). The number of benzene rings is 2. The van der Waals surface area contributed by atoms with Crippen LogP contribution in [0, 0.1) is 12.7 Å². The van der Waals surface area contributed by atoms with Crippen LogP contribution >= 0.6 is 0 Å². The zero-order valence-electron chi connectivity index (χ0n) is 17.4. The minimum absolute atomic E-state index is 0.0329. The number of sulfonamides is 1.